The van der Waals surface area contributed by atoms with E-state index >= 15 is 0 Å². The summed E-state index contributed by atoms with van der Waals surface area (Å²) in [5.74, 6) is 0.637. The molecular formula is C16H24N2O. The van der Waals surface area contributed by atoms with Crippen molar-refractivity contribution in [3.05, 3.63) is 35.4 Å². The van der Waals surface area contributed by atoms with Gasteiger partial charge in [-0.05, 0) is 38.3 Å². The Labute approximate surface area is 116 Å². The summed E-state index contributed by atoms with van der Waals surface area (Å²) in [6.45, 7) is 7.26. The van der Waals surface area contributed by atoms with Gasteiger partial charge in [-0.1, -0.05) is 36.8 Å². The summed E-state index contributed by atoms with van der Waals surface area (Å²) in [4.78, 5) is 14.4. The lowest BCUT2D eigenvalue weighted by Gasteiger charge is -2.29. The molecule has 0 saturated carbocycles. The van der Waals surface area contributed by atoms with Crippen LogP contribution in [0.2, 0.25) is 0 Å². The molecule has 104 valence electrons. The number of rotatable bonds is 3. The van der Waals surface area contributed by atoms with Crippen molar-refractivity contribution in [2.45, 2.75) is 39.3 Å². The van der Waals surface area contributed by atoms with Gasteiger partial charge in [0.05, 0.1) is 12.1 Å². The van der Waals surface area contributed by atoms with Gasteiger partial charge in [-0.3, -0.25) is 4.79 Å². The Morgan fingerprint density at radius 2 is 2.00 bits per heavy atom. The predicted molar refractivity (Wildman–Crippen MR) is 77.9 cm³/mol. The van der Waals surface area contributed by atoms with E-state index in [0.29, 0.717) is 5.92 Å². The van der Waals surface area contributed by atoms with Crippen molar-refractivity contribution in [2.75, 3.05) is 13.6 Å². The third-order valence-corrected chi connectivity index (χ3v) is 4.29. The van der Waals surface area contributed by atoms with Crippen molar-refractivity contribution >= 4 is 5.91 Å². The summed E-state index contributed by atoms with van der Waals surface area (Å²) >= 11 is 0. The average molecular weight is 260 g/mol. The fraction of sp³-hybridized carbons (Fsp3) is 0.562. The van der Waals surface area contributed by atoms with Crippen LogP contribution in [0.25, 0.3) is 0 Å². The maximum Gasteiger partial charge on any atom is 0.240 e. The van der Waals surface area contributed by atoms with Crippen LogP contribution in [0, 0.1) is 12.8 Å². The summed E-state index contributed by atoms with van der Waals surface area (Å²) in [5, 5.41) is 3.31. The predicted octanol–water partition coefficient (Wildman–Crippen LogP) is 2.51. The van der Waals surface area contributed by atoms with Crippen LogP contribution in [-0.4, -0.2) is 30.4 Å². The summed E-state index contributed by atoms with van der Waals surface area (Å²) < 4.78 is 0. The molecule has 1 aliphatic heterocycles. The minimum atomic E-state index is -0.0158. The Kier molecular flexibility index (Phi) is 4.25. The topological polar surface area (TPSA) is 32.3 Å². The van der Waals surface area contributed by atoms with Crippen molar-refractivity contribution in [3.63, 3.8) is 0 Å². The van der Waals surface area contributed by atoms with Crippen molar-refractivity contribution < 1.29 is 4.79 Å². The Hall–Kier alpha value is -1.35. The van der Waals surface area contributed by atoms with Crippen LogP contribution in [0.3, 0.4) is 0 Å². The van der Waals surface area contributed by atoms with E-state index in [9.17, 15) is 4.79 Å². The number of nitrogens with zero attached hydrogens (tertiary/aromatic N) is 1. The quantitative estimate of drug-likeness (QED) is 0.905. The first-order valence-electron chi connectivity index (χ1n) is 7.07. The molecule has 3 atom stereocenters. The van der Waals surface area contributed by atoms with Gasteiger partial charge in [-0.2, -0.15) is 0 Å². The molecule has 3 heteroatoms. The average Bonchev–Trinajstić information content (AvgIpc) is 2.83. The molecular weight excluding hydrogens is 236 g/mol. The molecule has 1 fully saturated rings. The van der Waals surface area contributed by atoms with Crippen molar-refractivity contribution in [2.24, 2.45) is 5.92 Å². The molecule has 0 aliphatic carbocycles. The molecule has 0 bridgehead atoms. The molecule has 0 aromatic heterocycles. The van der Waals surface area contributed by atoms with Crippen LogP contribution >= 0.6 is 0 Å². The molecule has 1 aliphatic rings. The smallest absolute Gasteiger partial charge is 0.240 e. The van der Waals surface area contributed by atoms with E-state index in [0.717, 1.165) is 13.0 Å². The van der Waals surface area contributed by atoms with E-state index in [-0.39, 0.29) is 18.0 Å². The molecule has 3 unspecified atom stereocenters. The summed E-state index contributed by atoms with van der Waals surface area (Å²) in [7, 11) is 1.90. The number of hydrogen-bond acceptors (Lipinski definition) is 2. The van der Waals surface area contributed by atoms with Gasteiger partial charge in [-0.25, -0.2) is 0 Å². The zero-order valence-electron chi connectivity index (χ0n) is 12.3. The van der Waals surface area contributed by atoms with E-state index in [1.54, 1.807) is 0 Å². The van der Waals surface area contributed by atoms with Gasteiger partial charge in [0.25, 0.3) is 0 Å². The van der Waals surface area contributed by atoms with Gasteiger partial charge in [0, 0.05) is 7.05 Å². The molecule has 1 aromatic rings. The standard InChI is InChI=1S/C16H24N2O/c1-11-5-7-14(8-6-11)13(3)18(4)16(19)15-12(2)9-10-17-15/h5-8,12-13,15,17H,9-10H2,1-4H3. The maximum absolute atomic E-state index is 12.5. The molecule has 1 heterocycles. The SMILES string of the molecule is Cc1ccc(C(C)N(C)C(=O)C2NCCC2C)cc1. The van der Waals surface area contributed by atoms with Gasteiger partial charge < -0.3 is 10.2 Å². The third kappa shape index (κ3) is 2.98. The van der Waals surface area contributed by atoms with E-state index in [1.807, 2.05) is 11.9 Å². The Bertz CT molecular complexity index is 441. The van der Waals surface area contributed by atoms with E-state index < -0.39 is 0 Å². The second-order valence-electron chi connectivity index (χ2n) is 5.73. The lowest BCUT2D eigenvalue weighted by Crippen LogP contribution is -2.45. The lowest BCUT2D eigenvalue weighted by atomic mass is 10.00. The monoisotopic (exact) mass is 260 g/mol. The maximum atomic E-state index is 12.5. The zero-order valence-corrected chi connectivity index (χ0v) is 12.3. The van der Waals surface area contributed by atoms with Gasteiger partial charge in [0.15, 0.2) is 0 Å². The number of likely N-dealkylation sites (N-methyl/N-ethyl adjacent to an activating group) is 1. The number of benzene rings is 1. The molecule has 0 spiro atoms. The van der Waals surface area contributed by atoms with Crippen molar-refractivity contribution in [1.82, 2.24) is 10.2 Å². The van der Waals surface area contributed by atoms with Gasteiger partial charge >= 0.3 is 0 Å². The number of carbonyl (C=O) groups is 1. The van der Waals surface area contributed by atoms with Crippen molar-refractivity contribution in [1.29, 1.82) is 0 Å². The van der Waals surface area contributed by atoms with E-state index in [1.165, 1.54) is 11.1 Å². The van der Waals surface area contributed by atoms with Gasteiger partial charge in [0.2, 0.25) is 5.91 Å². The highest BCUT2D eigenvalue weighted by Crippen LogP contribution is 2.23. The highest BCUT2D eigenvalue weighted by molar-refractivity contribution is 5.82. The second-order valence-corrected chi connectivity index (χ2v) is 5.73. The van der Waals surface area contributed by atoms with Crippen molar-refractivity contribution in [3.8, 4) is 0 Å². The molecule has 1 N–H and O–H groups in total. The Balaban J connectivity index is 2.08. The molecule has 0 radical (unpaired) electrons. The fourth-order valence-electron chi connectivity index (χ4n) is 2.64. The van der Waals surface area contributed by atoms with Crippen LogP contribution in [0.1, 0.15) is 37.4 Å². The van der Waals surface area contributed by atoms with E-state index in [4.69, 9.17) is 0 Å². The first kappa shape index (κ1) is 14.1. The Morgan fingerprint density at radius 3 is 2.53 bits per heavy atom. The van der Waals surface area contributed by atoms with E-state index in [2.05, 4.69) is 50.4 Å². The van der Waals surface area contributed by atoms with Crippen LogP contribution in [0.4, 0.5) is 0 Å². The van der Waals surface area contributed by atoms with Crippen LogP contribution in [0.15, 0.2) is 24.3 Å². The number of carbonyl (C=O) groups excluding carboxylic acids is 1. The molecule has 1 amide bonds. The fourth-order valence-corrected chi connectivity index (χ4v) is 2.64. The molecule has 3 nitrogen and oxygen atoms in total. The highest BCUT2D eigenvalue weighted by Gasteiger charge is 2.32. The largest absolute Gasteiger partial charge is 0.338 e. The minimum absolute atomic E-state index is 0.0158. The number of nitrogens with one attached hydrogen (secondary N) is 1. The van der Waals surface area contributed by atoms with Crippen LogP contribution in [0.5, 0.6) is 0 Å². The van der Waals surface area contributed by atoms with Crippen LogP contribution < -0.4 is 5.32 Å². The molecule has 2 rings (SSSR count). The molecule has 19 heavy (non-hydrogen) atoms. The lowest BCUT2D eigenvalue weighted by molar-refractivity contribution is -0.134. The highest BCUT2D eigenvalue weighted by atomic mass is 16.2. The summed E-state index contributed by atoms with van der Waals surface area (Å²) in [5.41, 5.74) is 2.43. The summed E-state index contributed by atoms with van der Waals surface area (Å²) in [6.07, 6.45) is 1.09. The first-order chi connectivity index (χ1) is 9.00. The normalized spacial score (nSPS) is 24.2. The summed E-state index contributed by atoms with van der Waals surface area (Å²) in [6, 6.07) is 8.51. The second kappa shape index (κ2) is 5.74. The van der Waals surface area contributed by atoms with Gasteiger partial charge in [-0.15, -0.1) is 0 Å². The Morgan fingerprint density at radius 1 is 1.37 bits per heavy atom. The zero-order chi connectivity index (χ0) is 14.0. The van der Waals surface area contributed by atoms with Gasteiger partial charge in [0.1, 0.15) is 0 Å². The number of hydrogen-bond donors (Lipinski definition) is 1. The molecule has 1 aromatic carbocycles. The first-order valence-corrected chi connectivity index (χ1v) is 7.07. The number of amides is 1. The third-order valence-electron chi connectivity index (χ3n) is 4.29. The minimum Gasteiger partial charge on any atom is -0.338 e. The van der Waals surface area contributed by atoms with Crippen LogP contribution in [-0.2, 0) is 4.79 Å². The number of aryl methyl sites for hydroxylation is 1. The molecule has 1 saturated heterocycles.